The van der Waals surface area contributed by atoms with Gasteiger partial charge in [0.25, 0.3) is 0 Å². The maximum Gasteiger partial charge on any atom is 0.217 e. The zero-order valence-electron chi connectivity index (χ0n) is 10.6. The van der Waals surface area contributed by atoms with Crippen LogP contribution in [0, 0.1) is 17.2 Å². The lowest BCUT2D eigenvalue weighted by atomic mass is 9.93. The van der Waals surface area contributed by atoms with Crippen molar-refractivity contribution in [3.05, 3.63) is 28.2 Å². The lowest BCUT2D eigenvalue weighted by Gasteiger charge is -2.33. The van der Waals surface area contributed by atoms with Crippen LogP contribution in [0.5, 0.6) is 0 Å². The van der Waals surface area contributed by atoms with Gasteiger partial charge in [-0.1, -0.05) is 15.9 Å². The van der Waals surface area contributed by atoms with Gasteiger partial charge in [0.15, 0.2) is 0 Å². The molecular formula is C14H16BrN3O. The van der Waals surface area contributed by atoms with Crippen LogP contribution in [-0.4, -0.2) is 19.0 Å². The smallest absolute Gasteiger partial charge is 0.217 e. The summed E-state index contributed by atoms with van der Waals surface area (Å²) < 4.78 is 0.917. The van der Waals surface area contributed by atoms with Crippen LogP contribution in [0.3, 0.4) is 0 Å². The number of carbonyl (C=O) groups is 1. The van der Waals surface area contributed by atoms with Gasteiger partial charge in [0.2, 0.25) is 5.91 Å². The normalized spacial score (nSPS) is 16.1. The molecule has 1 aliphatic heterocycles. The number of amides is 1. The first-order chi connectivity index (χ1) is 9.08. The second kappa shape index (κ2) is 6.07. The molecule has 100 valence electrons. The van der Waals surface area contributed by atoms with Crippen LogP contribution in [0.25, 0.3) is 0 Å². The molecule has 1 amide bonds. The second-order valence-corrected chi connectivity index (χ2v) is 5.83. The summed E-state index contributed by atoms with van der Waals surface area (Å²) in [6, 6.07) is 7.90. The minimum Gasteiger partial charge on any atom is -0.371 e. The number of hydrogen-bond donors (Lipinski definition) is 1. The van der Waals surface area contributed by atoms with Crippen LogP contribution in [0.4, 0.5) is 5.69 Å². The number of benzene rings is 1. The molecule has 1 aromatic carbocycles. The molecular weight excluding hydrogens is 306 g/mol. The van der Waals surface area contributed by atoms with Gasteiger partial charge in [-0.2, -0.15) is 5.26 Å². The Morgan fingerprint density at radius 1 is 1.42 bits per heavy atom. The highest BCUT2D eigenvalue weighted by atomic mass is 79.9. The first kappa shape index (κ1) is 13.9. The molecule has 0 spiro atoms. The SMILES string of the molecule is N#Cc1cc(Br)cc(N2CCC(CC(N)=O)CC2)c1. The Labute approximate surface area is 121 Å². The van der Waals surface area contributed by atoms with Crippen molar-refractivity contribution < 1.29 is 4.79 Å². The number of nitriles is 1. The summed E-state index contributed by atoms with van der Waals surface area (Å²) in [5.41, 5.74) is 6.95. The molecule has 5 heteroatoms. The van der Waals surface area contributed by atoms with E-state index in [9.17, 15) is 4.79 Å². The van der Waals surface area contributed by atoms with Gasteiger partial charge in [-0.15, -0.1) is 0 Å². The van der Waals surface area contributed by atoms with Gasteiger partial charge >= 0.3 is 0 Å². The number of nitrogens with zero attached hydrogens (tertiary/aromatic N) is 2. The van der Waals surface area contributed by atoms with Crippen molar-refractivity contribution in [3.8, 4) is 6.07 Å². The fourth-order valence-electron chi connectivity index (χ4n) is 2.50. The zero-order chi connectivity index (χ0) is 13.8. The van der Waals surface area contributed by atoms with Gasteiger partial charge in [0.05, 0.1) is 11.6 Å². The van der Waals surface area contributed by atoms with Crippen LogP contribution in [0.15, 0.2) is 22.7 Å². The summed E-state index contributed by atoms with van der Waals surface area (Å²) in [5, 5.41) is 8.99. The summed E-state index contributed by atoms with van der Waals surface area (Å²) in [7, 11) is 0. The molecule has 1 saturated heterocycles. The van der Waals surface area contributed by atoms with E-state index in [2.05, 4.69) is 26.9 Å². The highest BCUT2D eigenvalue weighted by Crippen LogP contribution is 2.28. The number of rotatable bonds is 3. The van der Waals surface area contributed by atoms with Crippen LogP contribution < -0.4 is 10.6 Å². The van der Waals surface area contributed by atoms with E-state index >= 15 is 0 Å². The Balaban J connectivity index is 2.03. The van der Waals surface area contributed by atoms with Gasteiger partial charge < -0.3 is 10.6 Å². The minimum absolute atomic E-state index is 0.215. The van der Waals surface area contributed by atoms with Gasteiger partial charge in [-0.25, -0.2) is 0 Å². The van der Waals surface area contributed by atoms with Crippen molar-refractivity contribution in [1.29, 1.82) is 5.26 Å². The van der Waals surface area contributed by atoms with E-state index in [-0.39, 0.29) is 5.91 Å². The van der Waals surface area contributed by atoms with E-state index in [0.717, 1.165) is 36.1 Å². The summed E-state index contributed by atoms with van der Waals surface area (Å²) >= 11 is 3.43. The number of nitrogens with two attached hydrogens (primary N) is 1. The fraction of sp³-hybridized carbons (Fsp3) is 0.429. The summed E-state index contributed by atoms with van der Waals surface area (Å²) in [4.78, 5) is 13.2. The number of carbonyl (C=O) groups excluding carboxylic acids is 1. The average molecular weight is 322 g/mol. The van der Waals surface area contributed by atoms with Gasteiger partial charge in [0, 0.05) is 29.7 Å². The van der Waals surface area contributed by atoms with E-state index in [0.29, 0.717) is 17.9 Å². The van der Waals surface area contributed by atoms with Gasteiger partial charge in [-0.3, -0.25) is 4.79 Å². The Bertz CT molecular complexity index is 516. The highest BCUT2D eigenvalue weighted by molar-refractivity contribution is 9.10. The first-order valence-electron chi connectivity index (χ1n) is 6.32. The van der Waals surface area contributed by atoms with Crippen molar-refractivity contribution in [1.82, 2.24) is 0 Å². The largest absolute Gasteiger partial charge is 0.371 e. The van der Waals surface area contributed by atoms with Crippen molar-refractivity contribution in [2.45, 2.75) is 19.3 Å². The van der Waals surface area contributed by atoms with Crippen LogP contribution >= 0.6 is 15.9 Å². The standard InChI is InChI=1S/C14H16BrN3O/c15-12-5-11(9-16)6-13(8-12)18-3-1-10(2-4-18)7-14(17)19/h5-6,8,10H,1-4,7H2,(H2,17,19). The van der Waals surface area contributed by atoms with E-state index in [1.54, 1.807) is 0 Å². The first-order valence-corrected chi connectivity index (χ1v) is 7.11. The number of halogens is 1. The molecule has 2 rings (SSSR count). The van der Waals surface area contributed by atoms with Gasteiger partial charge in [0.1, 0.15) is 0 Å². The molecule has 0 radical (unpaired) electrons. The quantitative estimate of drug-likeness (QED) is 0.929. The number of piperidine rings is 1. The molecule has 0 saturated carbocycles. The molecule has 0 unspecified atom stereocenters. The van der Waals surface area contributed by atoms with E-state index in [1.165, 1.54) is 0 Å². The minimum atomic E-state index is -0.215. The highest BCUT2D eigenvalue weighted by Gasteiger charge is 2.21. The van der Waals surface area contributed by atoms with Crippen molar-refractivity contribution in [2.75, 3.05) is 18.0 Å². The van der Waals surface area contributed by atoms with E-state index in [1.807, 2.05) is 18.2 Å². The number of anilines is 1. The van der Waals surface area contributed by atoms with E-state index in [4.69, 9.17) is 11.0 Å². The molecule has 0 aliphatic carbocycles. The fourth-order valence-corrected chi connectivity index (χ4v) is 2.98. The Morgan fingerprint density at radius 3 is 2.68 bits per heavy atom. The van der Waals surface area contributed by atoms with Crippen molar-refractivity contribution in [2.24, 2.45) is 11.7 Å². The molecule has 4 nitrogen and oxygen atoms in total. The molecule has 1 aromatic rings. The summed E-state index contributed by atoms with van der Waals surface area (Å²) in [5.74, 6) is 0.184. The molecule has 19 heavy (non-hydrogen) atoms. The van der Waals surface area contributed by atoms with Crippen molar-refractivity contribution in [3.63, 3.8) is 0 Å². The molecule has 1 heterocycles. The average Bonchev–Trinajstić information content (AvgIpc) is 2.38. The topological polar surface area (TPSA) is 70.1 Å². The predicted octanol–water partition coefficient (Wildman–Crippen LogP) is 2.41. The molecule has 1 aliphatic rings. The lowest BCUT2D eigenvalue weighted by molar-refractivity contribution is -0.119. The van der Waals surface area contributed by atoms with Crippen LogP contribution in [0.1, 0.15) is 24.8 Å². The molecule has 2 N–H and O–H groups in total. The van der Waals surface area contributed by atoms with Crippen LogP contribution in [0.2, 0.25) is 0 Å². The third kappa shape index (κ3) is 3.71. The number of hydrogen-bond acceptors (Lipinski definition) is 3. The summed E-state index contributed by atoms with van der Waals surface area (Å²) in [6.07, 6.45) is 2.42. The molecule has 1 fully saturated rings. The molecule has 0 aromatic heterocycles. The maximum absolute atomic E-state index is 10.9. The van der Waals surface area contributed by atoms with Gasteiger partial charge in [-0.05, 0) is 37.0 Å². The third-order valence-electron chi connectivity index (χ3n) is 3.48. The second-order valence-electron chi connectivity index (χ2n) is 4.91. The monoisotopic (exact) mass is 321 g/mol. The van der Waals surface area contributed by atoms with E-state index < -0.39 is 0 Å². The molecule has 0 bridgehead atoms. The summed E-state index contributed by atoms with van der Waals surface area (Å²) in [6.45, 7) is 1.80. The van der Waals surface area contributed by atoms with Crippen molar-refractivity contribution >= 4 is 27.5 Å². The maximum atomic E-state index is 10.9. The Hall–Kier alpha value is -1.54. The lowest BCUT2D eigenvalue weighted by Crippen LogP contribution is -2.35. The van der Waals surface area contributed by atoms with Crippen LogP contribution in [-0.2, 0) is 4.79 Å². The zero-order valence-corrected chi connectivity index (χ0v) is 12.2. The predicted molar refractivity (Wildman–Crippen MR) is 77.6 cm³/mol. The Morgan fingerprint density at radius 2 is 2.11 bits per heavy atom. The Kier molecular flexibility index (Phi) is 4.43. The number of primary amides is 1. The third-order valence-corrected chi connectivity index (χ3v) is 3.94. The molecule has 0 atom stereocenters.